The molecule has 3 rings (SSSR count). The van der Waals surface area contributed by atoms with Gasteiger partial charge in [0.15, 0.2) is 23.9 Å². The highest BCUT2D eigenvalue weighted by Gasteiger charge is 2.23. The number of rotatable bonds is 7. The second-order valence-electron chi connectivity index (χ2n) is 5.72. The van der Waals surface area contributed by atoms with Gasteiger partial charge in [0.1, 0.15) is 5.58 Å². The van der Waals surface area contributed by atoms with E-state index in [1.54, 1.807) is 49.4 Å². The first-order valence-electron chi connectivity index (χ1n) is 8.66. The highest BCUT2D eigenvalue weighted by Crippen LogP contribution is 2.41. The molecule has 3 aromatic rings. The number of carbonyl (C=O) groups excluding carboxylic acids is 1. The summed E-state index contributed by atoms with van der Waals surface area (Å²) in [7, 11) is 3.00. The zero-order chi connectivity index (χ0) is 20.1. The molecule has 1 aromatic heterocycles. The van der Waals surface area contributed by atoms with Crippen LogP contribution in [0.25, 0.3) is 22.3 Å². The first-order valence-corrected chi connectivity index (χ1v) is 8.66. The Labute approximate surface area is 161 Å². The Morgan fingerprint density at radius 3 is 2.50 bits per heavy atom. The normalized spacial score (nSPS) is 10.5. The van der Waals surface area contributed by atoms with Crippen molar-refractivity contribution in [3.8, 4) is 28.6 Å². The van der Waals surface area contributed by atoms with Gasteiger partial charge in [0, 0.05) is 0 Å². The third-order valence-electron chi connectivity index (χ3n) is 4.04. The van der Waals surface area contributed by atoms with Crippen LogP contribution in [0.3, 0.4) is 0 Å². The average Bonchev–Trinajstić information content (AvgIpc) is 2.72. The number of benzene rings is 2. The standard InChI is InChI=1S/C21H20O7/c1-4-26-17(22)12-27-21-18(23)13-8-5-6-10-15(13)28-20(21)14-9-7-11-16(24-2)19(14)25-3/h5-11H,4,12H2,1-3H3. The minimum Gasteiger partial charge on any atom is -0.493 e. The number of para-hydroxylation sites is 2. The second kappa shape index (κ2) is 8.47. The van der Waals surface area contributed by atoms with E-state index in [0.29, 0.717) is 28.0 Å². The van der Waals surface area contributed by atoms with Gasteiger partial charge in [-0.2, -0.15) is 0 Å². The number of hydrogen-bond donors (Lipinski definition) is 0. The van der Waals surface area contributed by atoms with E-state index in [2.05, 4.69) is 0 Å². The Kier molecular flexibility index (Phi) is 5.84. The van der Waals surface area contributed by atoms with E-state index in [4.69, 9.17) is 23.4 Å². The van der Waals surface area contributed by atoms with Crippen molar-refractivity contribution in [2.75, 3.05) is 27.4 Å². The monoisotopic (exact) mass is 384 g/mol. The summed E-state index contributed by atoms with van der Waals surface area (Å²) in [6, 6.07) is 12.0. The zero-order valence-electron chi connectivity index (χ0n) is 15.8. The maximum absolute atomic E-state index is 13.0. The first-order chi connectivity index (χ1) is 13.6. The van der Waals surface area contributed by atoms with E-state index in [0.717, 1.165) is 0 Å². The molecule has 0 bridgehead atoms. The maximum atomic E-state index is 13.0. The van der Waals surface area contributed by atoms with Crippen molar-refractivity contribution >= 4 is 16.9 Å². The van der Waals surface area contributed by atoms with Gasteiger partial charge in [-0.3, -0.25) is 4.79 Å². The van der Waals surface area contributed by atoms with Crippen molar-refractivity contribution in [1.82, 2.24) is 0 Å². The molecule has 1 heterocycles. The number of esters is 1. The summed E-state index contributed by atoms with van der Waals surface area (Å²) >= 11 is 0. The molecule has 0 N–H and O–H groups in total. The Morgan fingerprint density at radius 1 is 1.00 bits per heavy atom. The van der Waals surface area contributed by atoms with Crippen molar-refractivity contribution < 1.29 is 28.2 Å². The molecule has 7 nitrogen and oxygen atoms in total. The molecule has 0 atom stereocenters. The Morgan fingerprint density at radius 2 is 1.79 bits per heavy atom. The van der Waals surface area contributed by atoms with Crippen molar-refractivity contribution in [2.24, 2.45) is 0 Å². The van der Waals surface area contributed by atoms with Gasteiger partial charge in [-0.05, 0) is 31.2 Å². The summed E-state index contributed by atoms with van der Waals surface area (Å²) in [4.78, 5) is 24.8. The highest BCUT2D eigenvalue weighted by molar-refractivity contribution is 5.84. The van der Waals surface area contributed by atoms with Crippen LogP contribution in [0.2, 0.25) is 0 Å². The van der Waals surface area contributed by atoms with Gasteiger partial charge < -0.3 is 23.4 Å². The maximum Gasteiger partial charge on any atom is 0.344 e. The van der Waals surface area contributed by atoms with Crippen molar-refractivity contribution in [2.45, 2.75) is 6.92 Å². The van der Waals surface area contributed by atoms with Crippen LogP contribution in [0.1, 0.15) is 6.92 Å². The van der Waals surface area contributed by atoms with Gasteiger partial charge in [0.2, 0.25) is 11.2 Å². The van der Waals surface area contributed by atoms with Gasteiger partial charge >= 0.3 is 5.97 Å². The largest absolute Gasteiger partial charge is 0.493 e. The molecule has 0 radical (unpaired) electrons. The van der Waals surface area contributed by atoms with Crippen molar-refractivity contribution in [1.29, 1.82) is 0 Å². The van der Waals surface area contributed by atoms with E-state index in [1.165, 1.54) is 14.2 Å². The fraction of sp³-hybridized carbons (Fsp3) is 0.238. The molecule has 0 saturated carbocycles. The van der Waals surface area contributed by atoms with E-state index >= 15 is 0 Å². The molecule has 0 spiro atoms. The molecule has 2 aromatic carbocycles. The van der Waals surface area contributed by atoms with Crippen LogP contribution in [0.4, 0.5) is 0 Å². The lowest BCUT2D eigenvalue weighted by atomic mass is 10.1. The predicted molar refractivity (Wildman–Crippen MR) is 103 cm³/mol. The Hall–Kier alpha value is -3.48. The molecule has 0 fully saturated rings. The Balaban J connectivity index is 2.22. The van der Waals surface area contributed by atoms with Crippen LogP contribution in [-0.2, 0) is 9.53 Å². The molecule has 0 aliphatic carbocycles. The lowest BCUT2D eigenvalue weighted by Crippen LogP contribution is -2.18. The van der Waals surface area contributed by atoms with Crippen LogP contribution in [0.5, 0.6) is 17.2 Å². The molecule has 28 heavy (non-hydrogen) atoms. The molecule has 7 heteroatoms. The van der Waals surface area contributed by atoms with Gasteiger partial charge in [-0.25, -0.2) is 4.79 Å². The van der Waals surface area contributed by atoms with Crippen molar-refractivity contribution in [3.63, 3.8) is 0 Å². The number of fused-ring (bicyclic) bond motifs is 1. The van der Waals surface area contributed by atoms with Crippen LogP contribution in [0, 0.1) is 0 Å². The van der Waals surface area contributed by atoms with E-state index in [-0.39, 0.29) is 18.1 Å². The van der Waals surface area contributed by atoms with Crippen LogP contribution >= 0.6 is 0 Å². The molecule has 0 unspecified atom stereocenters. The van der Waals surface area contributed by atoms with Crippen molar-refractivity contribution in [3.05, 3.63) is 52.7 Å². The fourth-order valence-electron chi connectivity index (χ4n) is 2.83. The molecule has 0 aliphatic rings. The van der Waals surface area contributed by atoms with Crippen LogP contribution in [0.15, 0.2) is 51.7 Å². The van der Waals surface area contributed by atoms with E-state index in [1.807, 2.05) is 0 Å². The molecular weight excluding hydrogens is 364 g/mol. The molecule has 0 saturated heterocycles. The molecule has 146 valence electrons. The van der Waals surface area contributed by atoms with Gasteiger partial charge in [-0.15, -0.1) is 0 Å². The summed E-state index contributed by atoms with van der Waals surface area (Å²) in [6.07, 6.45) is 0. The zero-order valence-corrected chi connectivity index (χ0v) is 15.8. The highest BCUT2D eigenvalue weighted by atomic mass is 16.6. The Bertz CT molecular complexity index is 1050. The van der Waals surface area contributed by atoms with Crippen LogP contribution in [-0.4, -0.2) is 33.4 Å². The summed E-state index contributed by atoms with van der Waals surface area (Å²) in [5.41, 5.74) is 0.449. The number of methoxy groups -OCH3 is 2. The lowest BCUT2D eigenvalue weighted by molar-refractivity contribution is -0.145. The lowest BCUT2D eigenvalue weighted by Gasteiger charge is -2.15. The smallest absolute Gasteiger partial charge is 0.344 e. The molecule has 0 aliphatic heterocycles. The quantitative estimate of drug-likeness (QED) is 0.577. The average molecular weight is 384 g/mol. The van der Waals surface area contributed by atoms with E-state index < -0.39 is 18.0 Å². The minimum absolute atomic E-state index is 0.0988. The summed E-state index contributed by atoms with van der Waals surface area (Å²) in [6.45, 7) is 1.48. The predicted octanol–water partition coefficient (Wildman–Crippen LogP) is 3.42. The third-order valence-corrected chi connectivity index (χ3v) is 4.04. The topological polar surface area (TPSA) is 84.2 Å². The number of hydrogen-bond acceptors (Lipinski definition) is 7. The second-order valence-corrected chi connectivity index (χ2v) is 5.72. The molecule has 0 amide bonds. The van der Waals surface area contributed by atoms with Gasteiger partial charge in [0.25, 0.3) is 0 Å². The number of ether oxygens (including phenoxy) is 4. The summed E-state index contributed by atoms with van der Waals surface area (Å²) in [5, 5.41) is 0.340. The van der Waals surface area contributed by atoms with E-state index in [9.17, 15) is 9.59 Å². The fourth-order valence-corrected chi connectivity index (χ4v) is 2.83. The molecular formula is C21H20O7. The summed E-state index contributed by atoms with van der Waals surface area (Å²) < 4.78 is 27.2. The first kappa shape index (κ1) is 19.3. The SMILES string of the molecule is CCOC(=O)COc1c(-c2cccc(OC)c2OC)oc2ccccc2c1=O. The third kappa shape index (κ3) is 3.64. The van der Waals surface area contributed by atoms with Gasteiger partial charge in [-0.1, -0.05) is 18.2 Å². The summed E-state index contributed by atoms with van der Waals surface area (Å²) in [5.74, 6) is 0.303. The number of carbonyl (C=O) groups is 1. The van der Waals surface area contributed by atoms with Gasteiger partial charge in [0.05, 0.1) is 31.8 Å². The van der Waals surface area contributed by atoms with Crippen LogP contribution < -0.4 is 19.6 Å². The minimum atomic E-state index is -0.585.